The van der Waals surface area contributed by atoms with Crippen molar-refractivity contribution in [3.63, 3.8) is 0 Å². The van der Waals surface area contributed by atoms with Crippen LogP contribution in [0, 0.1) is 6.92 Å². The molecule has 1 aromatic carbocycles. The highest BCUT2D eigenvalue weighted by atomic mass is 79.9. The minimum atomic E-state index is -1.06. The van der Waals surface area contributed by atoms with E-state index in [2.05, 4.69) is 21.2 Å². The molecule has 0 aliphatic rings. The fourth-order valence-corrected chi connectivity index (χ4v) is 2.03. The number of hydrogen-bond donors (Lipinski definition) is 2. The molecule has 0 radical (unpaired) electrons. The number of carboxylic acid groups (broad SMARTS) is 1. The summed E-state index contributed by atoms with van der Waals surface area (Å²) >= 11 is 3.19. The number of carbonyl (C=O) groups is 2. The molecule has 0 fully saturated rings. The minimum absolute atomic E-state index is 0.0836. The summed E-state index contributed by atoms with van der Waals surface area (Å²) in [6, 6.07) is 7.68. The van der Waals surface area contributed by atoms with Crippen molar-refractivity contribution < 1.29 is 19.1 Å². The molecule has 2 rings (SSSR count). The second-order valence-corrected chi connectivity index (χ2v) is 4.81. The van der Waals surface area contributed by atoms with Crippen LogP contribution in [0.1, 0.15) is 26.7 Å². The quantitative estimate of drug-likeness (QED) is 0.908. The van der Waals surface area contributed by atoms with Gasteiger partial charge in [0.1, 0.15) is 5.76 Å². The zero-order chi connectivity index (χ0) is 14.0. The van der Waals surface area contributed by atoms with E-state index in [1.54, 1.807) is 25.1 Å². The van der Waals surface area contributed by atoms with E-state index in [0.717, 1.165) is 0 Å². The highest BCUT2D eigenvalue weighted by molar-refractivity contribution is 9.10. The molecule has 0 saturated heterocycles. The van der Waals surface area contributed by atoms with Crippen molar-refractivity contribution in [2.24, 2.45) is 0 Å². The highest BCUT2D eigenvalue weighted by Gasteiger charge is 2.12. The number of anilines is 1. The summed E-state index contributed by atoms with van der Waals surface area (Å²) in [5.74, 6) is -0.687. The highest BCUT2D eigenvalue weighted by Crippen LogP contribution is 2.20. The second-order valence-electron chi connectivity index (χ2n) is 3.90. The lowest BCUT2D eigenvalue weighted by atomic mass is 10.2. The zero-order valence-electron chi connectivity index (χ0n) is 9.94. The molecular formula is C13H10BrNO4. The number of aryl methyl sites for hydroxylation is 1. The summed E-state index contributed by atoms with van der Waals surface area (Å²) in [4.78, 5) is 22.8. The first kappa shape index (κ1) is 13.4. The van der Waals surface area contributed by atoms with Crippen LogP contribution in [0.3, 0.4) is 0 Å². The monoisotopic (exact) mass is 323 g/mol. The summed E-state index contributed by atoms with van der Waals surface area (Å²) < 4.78 is 5.75. The van der Waals surface area contributed by atoms with E-state index in [-0.39, 0.29) is 11.3 Å². The molecule has 19 heavy (non-hydrogen) atoms. The van der Waals surface area contributed by atoms with Crippen molar-refractivity contribution in [3.05, 3.63) is 51.9 Å². The van der Waals surface area contributed by atoms with Gasteiger partial charge in [-0.1, -0.05) is 15.9 Å². The van der Waals surface area contributed by atoms with Crippen LogP contribution in [0.2, 0.25) is 0 Å². The number of halogens is 1. The number of carboxylic acids is 1. The van der Waals surface area contributed by atoms with Gasteiger partial charge in [-0.25, -0.2) is 4.79 Å². The van der Waals surface area contributed by atoms with Gasteiger partial charge in [0.15, 0.2) is 5.76 Å². The van der Waals surface area contributed by atoms with Gasteiger partial charge in [-0.2, -0.15) is 0 Å². The maximum absolute atomic E-state index is 11.9. The van der Waals surface area contributed by atoms with E-state index >= 15 is 0 Å². The number of aromatic carboxylic acids is 1. The van der Waals surface area contributed by atoms with Crippen LogP contribution in [-0.2, 0) is 0 Å². The third-order valence-electron chi connectivity index (χ3n) is 2.37. The molecule has 1 heterocycles. The minimum Gasteiger partial charge on any atom is -0.478 e. The lowest BCUT2D eigenvalue weighted by Gasteiger charge is -2.05. The van der Waals surface area contributed by atoms with E-state index in [0.29, 0.717) is 15.9 Å². The summed E-state index contributed by atoms with van der Waals surface area (Å²) in [7, 11) is 0. The van der Waals surface area contributed by atoms with Gasteiger partial charge in [-0.3, -0.25) is 4.79 Å². The van der Waals surface area contributed by atoms with Crippen LogP contribution in [0.25, 0.3) is 0 Å². The first-order valence-electron chi connectivity index (χ1n) is 5.37. The van der Waals surface area contributed by atoms with Crippen molar-refractivity contribution in [1.29, 1.82) is 0 Å². The van der Waals surface area contributed by atoms with Crippen LogP contribution < -0.4 is 5.32 Å². The molecular weight excluding hydrogens is 314 g/mol. The Morgan fingerprint density at radius 3 is 2.58 bits per heavy atom. The van der Waals surface area contributed by atoms with Gasteiger partial charge in [0.2, 0.25) is 0 Å². The number of benzene rings is 1. The molecule has 0 unspecified atom stereocenters. The molecule has 0 aliphatic heterocycles. The van der Waals surface area contributed by atoms with Gasteiger partial charge < -0.3 is 14.8 Å². The number of amides is 1. The number of rotatable bonds is 3. The number of hydrogen-bond acceptors (Lipinski definition) is 3. The fraction of sp³-hybridized carbons (Fsp3) is 0.0769. The van der Waals surface area contributed by atoms with Crippen molar-refractivity contribution in [2.45, 2.75) is 6.92 Å². The Morgan fingerprint density at radius 2 is 2.00 bits per heavy atom. The Labute approximate surface area is 117 Å². The molecule has 6 heteroatoms. The third kappa shape index (κ3) is 3.23. The predicted octanol–water partition coefficient (Wildman–Crippen LogP) is 3.30. The summed E-state index contributed by atoms with van der Waals surface area (Å²) in [5, 5.41) is 11.5. The van der Waals surface area contributed by atoms with Gasteiger partial charge in [0, 0.05) is 10.2 Å². The standard InChI is InChI=1S/C13H10BrNO4/c1-7-2-3-11(19-7)12(16)15-10-5-8(13(17)18)4-9(14)6-10/h2-6H,1H3,(H,15,16)(H,17,18). The summed E-state index contributed by atoms with van der Waals surface area (Å²) in [6.07, 6.45) is 0. The van der Waals surface area contributed by atoms with Crippen LogP contribution in [0.4, 0.5) is 5.69 Å². The lowest BCUT2D eigenvalue weighted by molar-refractivity contribution is 0.0696. The summed E-state index contributed by atoms with van der Waals surface area (Å²) in [5.41, 5.74) is 0.464. The van der Waals surface area contributed by atoms with Gasteiger partial charge in [-0.15, -0.1) is 0 Å². The average Bonchev–Trinajstić information content (AvgIpc) is 2.75. The van der Waals surface area contributed by atoms with E-state index < -0.39 is 11.9 Å². The van der Waals surface area contributed by atoms with E-state index in [1.165, 1.54) is 12.1 Å². The molecule has 0 bridgehead atoms. The molecule has 1 amide bonds. The van der Waals surface area contributed by atoms with Gasteiger partial charge in [0.05, 0.1) is 5.56 Å². The van der Waals surface area contributed by atoms with Gasteiger partial charge in [0.25, 0.3) is 5.91 Å². The average molecular weight is 324 g/mol. The molecule has 0 spiro atoms. The summed E-state index contributed by atoms with van der Waals surface area (Å²) in [6.45, 7) is 1.73. The first-order valence-corrected chi connectivity index (χ1v) is 6.16. The van der Waals surface area contributed by atoms with E-state index in [1.807, 2.05) is 0 Å². The zero-order valence-corrected chi connectivity index (χ0v) is 11.5. The van der Waals surface area contributed by atoms with Crippen LogP contribution in [0.15, 0.2) is 39.2 Å². The van der Waals surface area contributed by atoms with Crippen LogP contribution in [-0.4, -0.2) is 17.0 Å². The first-order chi connectivity index (χ1) is 8.95. The Hall–Kier alpha value is -2.08. The van der Waals surface area contributed by atoms with Gasteiger partial charge in [-0.05, 0) is 37.3 Å². The molecule has 0 atom stereocenters. The maximum Gasteiger partial charge on any atom is 0.335 e. The van der Waals surface area contributed by atoms with Gasteiger partial charge >= 0.3 is 5.97 Å². The topological polar surface area (TPSA) is 79.5 Å². The van der Waals surface area contributed by atoms with Crippen LogP contribution >= 0.6 is 15.9 Å². The van der Waals surface area contributed by atoms with Crippen LogP contribution in [0.5, 0.6) is 0 Å². The Morgan fingerprint density at radius 1 is 1.26 bits per heavy atom. The predicted molar refractivity (Wildman–Crippen MR) is 72.5 cm³/mol. The molecule has 0 saturated carbocycles. The molecule has 2 aromatic rings. The molecule has 98 valence electrons. The fourth-order valence-electron chi connectivity index (χ4n) is 1.53. The second kappa shape index (κ2) is 5.27. The SMILES string of the molecule is Cc1ccc(C(=O)Nc2cc(Br)cc(C(=O)O)c2)o1. The Balaban J connectivity index is 2.23. The number of nitrogens with one attached hydrogen (secondary N) is 1. The molecule has 2 N–H and O–H groups in total. The molecule has 0 aliphatic carbocycles. The van der Waals surface area contributed by atoms with Crippen molar-refractivity contribution >= 4 is 33.5 Å². The molecule has 5 nitrogen and oxygen atoms in total. The number of carbonyl (C=O) groups excluding carboxylic acids is 1. The van der Waals surface area contributed by atoms with E-state index in [4.69, 9.17) is 9.52 Å². The third-order valence-corrected chi connectivity index (χ3v) is 2.82. The Bertz CT molecular complexity index is 648. The van der Waals surface area contributed by atoms with Crippen molar-refractivity contribution in [1.82, 2.24) is 0 Å². The van der Waals surface area contributed by atoms with Crippen molar-refractivity contribution in [3.8, 4) is 0 Å². The van der Waals surface area contributed by atoms with Crippen molar-refractivity contribution in [2.75, 3.05) is 5.32 Å². The Kier molecular flexibility index (Phi) is 3.71. The normalized spacial score (nSPS) is 10.2. The smallest absolute Gasteiger partial charge is 0.335 e. The maximum atomic E-state index is 11.9. The molecule has 1 aromatic heterocycles. The number of furan rings is 1. The lowest BCUT2D eigenvalue weighted by Crippen LogP contribution is -2.11. The largest absolute Gasteiger partial charge is 0.478 e. The van der Waals surface area contributed by atoms with E-state index in [9.17, 15) is 9.59 Å².